The maximum absolute atomic E-state index is 6.26. The predicted molar refractivity (Wildman–Crippen MR) is 72.1 cm³/mol. The van der Waals surface area contributed by atoms with E-state index in [2.05, 4.69) is 25.3 Å². The molecule has 1 aromatic rings. The third-order valence-corrected chi connectivity index (χ3v) is 3.37. The summed E-state index contributed by atoms with van der Waals surface area (Å²) in [6.07, 6.45) is 6.01. The van der Waals surface area contributed by atoms with Crippen molar-refractivity contribution in [2.24, 2.45) is 5.92 Å². The summed E-state index contributed by atoms with van der Waals surface area (Å²) in [6.45, 7) is 7.70. The molecule has 0 radical (unpaired) electrons. The molecule has 2 rings (SSSR count). The van der Waals surface area contributed by atoms with Gasteiger partial charge in [-0.25, -0.2) is 4.98 Å². The zero-order valence-corrected chi connectivity index (χ0v) is 11.4. The molecular formula is C14H25N3. The smallest absolute Gasteiger partial charge is 0.126 e. The minimum atomic E-state index is 0.628. The molecule has 0 aromatic carbocycles. The molecule has 1 fully saturated rings. The van der Waals surface area contributed by atoms with Gasteiger partial charge in [0.25, 0.3) is 0 Å². The van der Waals surface area contributed by atoms with Gasteiger partial charge in [0.2, 0.25) is 0 Å². The van der Waals surface area contributed by atoms with E-state index < -0.39 is 0 Å². The second kappa shape index (κ2) is 5.11. The third-order valence-electron chi connectivity index (χ3n) is 3.37. The van der Waals surface area contributed by atoms with Gasteiger partial charge in [-0.2, -0.15) is 0 Å². The highest BCUT2D eigenvalue weighted by Crippen LogP contribution is 2.41. The van der Waals surface area contributed by atoms with E-state index in [0.717, 1.165) is 24.5 Å². The number of hydrogen-bond donors (Lipinski definition) is 1. The molecule has 0 bridgehead atoms. The van der Waals surface area contributed by atoms with E-state index in [4.69, 9.17) is 10.7 Å². The van der Waals surface area contributed by atoms with E-state index in [0.29, 0.717) is 11.8 Å². The van der Waals surface area contributed by atoms with Crippen LogP contribution in [0.25, 0.3) is 0 Å². The molecule has 0 aliphatic heterocycles. The molecule has 1 aromatic heterocycles. The Kier molecular flexibility index (Phi) is 3.75. The lowest BCUT2D eigenvalue weighted by Gasteiger charge is -2.11. The van der Waals surface area contributed by atoms with E-state index in [9.17, 15) is 0 Å². The number of hydrogen-bond acceptors (Lipinski definition) is 2. The fourth-order valence-corrected chi connectivity index (χ4v) is 2.27. The van der Waals surface area contributed by atoms with Crippen molar-refractivity contribution in [1.29, 1.82) is 0 Å². The van der Waals surface area contributed by atoms with Crippen molar-refractivity contribution >= 4 is 5.82 Å². The first-order valence-corrected chi connectivity index (χ1v) is 6.98. The lowest BCUT2D eigenvalue weighted by molar-refractivity contribution is 0.511. The predicted octanol–water partition coefficient (Wildman–Crippen LogP) is 3.34. The van der Waals surface area contributed by atoms with Gasteiger partial charge < -0.3 is 10.3 Å². The van der Waals surface area contributed by atoms with Crippen molar-refractivity contribution in [3.05, 3.63) is 11.5 Å². The van der Waals surface area contributed by atoms with E-state index in [1.54, 1.807) is 0 Å². The number of nitrogen functional groups attached to an aromatic ring is 1. The Morgan fingerprint density at radius 1 is 1.41 bits per heavy atom. The molecule has 1 saturated carbocycles. The van der Waals surface area contributed by atoms with Crippen LogP contribution in [0.4, 0.5) is 5.82 Å². The summed E-state index contributed by atoms with van der Waals surface area (Å²) in [5, 5.41) is 0. The third kappa shape index (κ3) is 2.82. The van der Waals surface area contributed by atoms with Crippen molar-refractivity contribution in [3.8, 4) is 0 Å². The molecule has 0 atom stereocenters. The Hall–Kier alpha value is -0.990. The first kappa shape index (κ1) is 12.5. The summed E-state index contributed by atoms with van der Waals surface area (Å²) < 4.78 is 2.27. The number of aromatic nitrogens is 2. The SMILES string of the molecule is CCCCc1nc(C2CC2)n(CC(C)C)c1N. The van der Waals surface area contributed by atoms with Gasteiger partial charge >= 0.3 is 0 Å². The van der Waals surface area contributed by atoms with E-state index in [-0.39, 0.29) is 0 Å². The van der Waals surface area contributed by atoms with E-state index >= 15 is 0 Å². The van der Waals surface area contributed by atoms with Crippen molar-refractivity contribution < 1.29 is 0 Å². The molecular weight excluding hydrogens is 210 g/mol. The Labute approximate surface area is 104 Å². The summed E-state index contributed by atoms with van der Waals surface area (Å²) in [5.74, 6) is 3.49. The Bertz CT molecular complexity index is 375. The first-order valence-electron chi connectivity index (χ1n) is 6.98. The summed E-state index contributed by atoms with van der Waals surface area (Å²) >= 11 is 0. The van der Waals surface area contributed by atoms with Gasteiger partial charge in [-0.05, 0) is 31.6 Å². The zero-order chi connectivity index (χ0) is 12.4. The van der Waals surface area contributed by atoms with E-state index in [1.807, 2.05) is 0 Å². The molecule has 0 saturated heterocycles. The van der Waals surface area contributed by atoms with Crippen LogP contribution >= 0.6 is 0 Å². The molecule has 1 aliphatic rings. The Morgan fingerprint density at radius 2 is 2.12 bits per heavy atom. The van der Waals surface area contributed by atoms with Gasteiger partial charge in [-0.15, -0.1) is 0 Å². The normalized spacial score (nSPS) is 15.8. The monoisotopic (exact) mass is 235 g/mol. The van der Waals surface area contributed by atoms with Crippen molar-refractivity contribution in [2.45, 2.75) is 65.3 Å². The maximum atomic E-state index is 6.26. The van der Waals surface area contributed by atoms with Crippen molar-refractivity contribution in [2.75, 3.05) is 5.73 Å². The summed E-state index contributed by atoms with van der Waals surface area (Å²) in [7, 11) is 0. The zero-order valence-electron chi connectivity index (χ0n) is 11.4. The minimum absolute atomic E-state index is 0.628. The second-order valence-corrected chi connectivity index (χ2v) is 5.68. The van der Waals surface area contributed by atoms with Crippen LogP contribution in [0.15, 0.2) is 0 Å². The van der Waals surface area contributed by atoms with Crippen LogP contribution in [0.2, 0.25) is 0 Å². The number of imidazole rings is 1. The van der Waals surface area contributed by atoms with Crippen LogP contribution in [0, 0.1) is 5.92 Å². The van der Waals surface area contributed by atoms with Crippen LogP contribution < -0.4 is 5.73 Å². The molecule has 0 spiro atoms. The molecule has 0 amide bonds. The number of aryl methyl sites for hydroxylation is 1. The van der Waals surface area contributed by atoms with Gasteiger partial charge in [-0.3, -0.25) is 0 Å². The number of rotatable bonds is 6. The fourth-order valence-electron chi connectivity index (χ4n) is 2.27. The Morgan fingerprint density at radius 3 is 2.65 bits per heavy atom. The van der Waals surface area contributed by atoms with E-state index in [1.165, 1.54) is 31.5 Å². The number of anilines is 1. The number of nitrogens with two attached hydrogens (primary N) is 1. The van der Waals surface area contributed by atoms with Crippen LogP contribution in [0.1, 0.15) is 63.9 Å². The van der Waals surface area contributed by atoms with Crippen LogP contribution in [-0.2, 0) is 13.0 Å². The van der Waals surface area contributed by atoms with Crippen LogP contribution in [0.5, 0.6) is 0 Å². The first-order chi connectivity index (χ1) is 8.13. The number of unbranched alkanes of at least 4 members (excludes halogenated alkanes) is 1. The molecule has 3 nitrogen and oxygen atoms in total. The molecule has 1 aliphatic carbocycles. The van der Waals surface area contributed by atoms with Gasteiger partial charge in [-0.1, -0.05) is 27.2 Å². The molecule has 17 heavy (non-hydrogen) atoms. The fraction of sp³-hybridized carbons (Fsp3) is 0.786. The molecule has 3 heteroatoms. The molecule has 2 N–H and O–H groups in total. The largest absolute Gasteiger partial charge is 0.384 e. The average molecular weight is 235 g/mol. The highest BCUT2D eigenvalue weighted by atomic mass is 15.2. The van der Waals surface area contributed by atoms with Crippen LogP contribution in [0.3, 0.4) is 0 Å². The average Bonchev–Trinajstić information content (AvgIpc) is 3.06. The highest BCUT2D eigenvalue weighted by Gasteiger charge is 2.30. The van der Waals surface area contributed by atoms with Crippen LogP contribution in [-0.4, -0.2) is 9.55 Å². The van der Waals surface area contributed by atoms with Gasteiger partial charge in [0, 0.05) is 12.5 Å². The summed E-state index contributed by atoms with van der Waals surface area (Å²) in [4.78, 5) is 4.80. The molecule has 96 valence electrons. The van der Waals surface area contributed by atoms with Gasteiger partial charge in [0.05, 0.1) is 5.69 Å². The second-order valence-electron chi connectivity index (χ2n) is 5.68. The van der Waals surface area contributed by atoms with Crippen molar-refractivity contribution in [3.63, 3.8) is 0 Å². The highest BCUT2D eigenvalue weighted by molar-refractivity contribution is 5.40. The topological polar surface area (TPSA) is 43.8 Å². The summed E-state index contributed by atoms with van der Waals surface area (Å²) in [6, 6.07) is 0. The van der Waals surface area contributed by atoms with Gasteiger partial charge in [0.1, 0.15) is 11.6 Å². The van der Waals surface area contributed by atoms with Gasteiger partial charge in [0.15, 0.2) is 0 Å². The maximum Gasteiger partial charge on any atom is 0.126 e. The van der Waals surface area contributed by atoms with Crippen molar-refractivity contribution in [1.82, 2.24) is 9.55 Å². The minimum Gasteiger partial charge on any atom is -0.384 e. The quantitative estimate of drug-likeness (QED) is 0.821. The number of nitrogens with zero attached hydrogens (tertiary/aromatic N) is 2. The standard InChI is InChI=1S/C14H25N3/c1-4-5-6-12-13(15)17(9-10(2)3)14(16-12)11-7-8-11/h10-11H,4-9,15H2,1-3H3. The summed E-state index contributed by atoms with van der Waals surface area (Å²) in [5.41, 5.74) is 7.39. The molecule has 1 heterocycles. The Balaban J connectivity index is 2.23. The lowest BCUT2D eigenvalue weighted by atomic mass is 10.2. The molecule has 0 unspecified atom stereocenters. The lowest BCUT2D eigenvalue weighted by Crippen LogP contribution is -2.11.